The number of hydrogen-bond donors (Lipinski definition) is 2. The molecule has 0 spiro atoms. The number of nitrogens with zero attached hydrogens (tertiary/aromatic N) is 2. The topological polar surface area (TPSA) is 54.2 Å². The number of aromatic nitrogens is 1. The Bertz CT molecular complexity index is 961. The zero-order chi connectivity index (χ0) is 18.9. The predicted octanol–water partition coefficient (Wildman–Crippen LogP) is 4.28. The van der Waals surface area contributed by atoms with Gasteiger partial charge >= 0.3 is 0 Å². The van der Waals surface area contributed by atoms with Gasteiger partial charge in [0.25, 0.3) is 0 Å². The van der Waals surface area contributed by atoms with E-state index in [1.807, 2.05) is 6.20 Å². The molecule has 1 aliphatic heterocycles. The summed E-state index contributed by atoms with van der Waals surface area (Å²) in [5, 5.41) is 6.19. The van der Waals surface area contributed by atoms with E-state index in [-0.39, 0.29) is 0 Å². The minimum absolute atomic E-state index is 0.628. The molecule has 28 heavy (non-hydrogen) atoms. The minimum Gasteiger partial charge on any atom is -0.383 e. The Balaban J connectivity index is 1.28. The van der Waals surface area contributed by atoms with Gasteiger partial charge in [-0.3, -0.25) is 0 Å². The third-order valence-electron chi connectivity index (χ3n) is 6.51. The first-order chi connectivity index (χ1) is 13.8. The van der Waals surface area contributed by atoms with Crippen LogP contribution in [0.5, 0.6) is 0 Å². The molecular weight excluding hydrogens is 344 g/mol. The van der Waals surface area contributed by atoms with Crippen LogP contribution < -0.4 is 16.0 Å². The van der Waals surface area contributed by atoms with Crippen LogP contribution in [0.15, 0.2) is 54.7 Å². The van der Waals surface area contributed by atoms with Crippen LogP contribution in [0.25, 0.3) is 10.8 Å². The fourth-order valence-corrected chi connectivity index (χ4v) is 4.99. The normalized spacial score (nSPS) is 21.8. The number of nitrogen functional groups attached to an aromatic ring is 1. The van der Waals surface area contributed by atoms with Gasteiger partial charge in [-0.25, -0.2) is 4.98 Å². The van der Waals surface area contributed by atoms with E-state index in [9.17, 15) is 0 Å². The Labute approximate surface area is 166 Å². The molecule has 5 rings (SSSR count). The van der Waals surface area contributed by atoms with Crippen molar-refractivity contribution in [3.8, 4) is 0 Å². The monoisotopic (exact) mass is 372 g/mol. The lowest BCUT2D eigenvalue weighted by atomic mass is 9.87. The van der Waals surface area contributed by atoms with Gasteiger partial charge in [-0.1, -0.05) is 42.5 Å². The van der Waals surface area contributed by atoms with Crippen molar-refractivity contribution in [3.63, 3.8) is 0 Å². The zero-order valence-corrected chi connectivity index (χ0v) is 16.3. The molecular formula is C24H28N4. The second-order valence-electron chi connectivity index (χ2n) is 8.18. The van der Waals surface area contributed by atoms with Gasteiger partial charge in [0.2, 0.25) is 0 Å². The van der Waals surface area contributed by atoms with Gasteiger partial charge in [0.1, 0.15) is 5.82 Å². The molecule has 4 heteroatoms. The van der Waals surface area contributed by atoms with Crippen molar-refractivity contribution in [1.82, 2.24) is 10.3 Å². The molecule has 144 valence electrons. The summed E-state index contributed by atoms with van der Waals surface area (Å²) in [7, 11) is 0. The molecule has 0 amide bonds. The summed E-state index contributed by atoms with van der Waals surface area (Å²) in [5.74, 6) is 0.649. The number of benzene rings is 2. The molecule has 3 aromatic rings. The van der Waals surface area contributed by atoms with E-state index >= 15 is 0 Å². The maximum atomic E-state index is 6.16. The molecule has 1 aromatic heterocycles. The number of hydrogen-bond acceptors (Lipinski definition) is 4. The summed E-state index contributed by atoms with van der Waals surface area (Å²) < 4.78 is 0. The smallest absolute Gasteiger partial charge is 0.131 e. The fourth-order valence-electron chi connectivity index (χ4n) is 4.99. The minimum atomic E-state index is 0.628. The summed E-state index contributed by atoms with van der Waals surface area (Å²) in [6.07, 6.45) is 8.03. The Hall–Kier alpha value is -2.59. The van der Waals surface area contributed by atoms with Crippen molar-refractivity contribution in [3.05, 3.63) is 65.9 Å². The molecule has 1 saturated carbocycles. The Morgan fingerprint density at radius 2 is 1.82 bits per heavy atom. The van der Waals surface area contributed by atoms with E-state index in [1.54, 1.807) is 0 Å². The van der Waals surface area contributed by atoms with Crippen LogP contribution in [0, 0.1) is 0 Å². The van der Waals surface area contributed by atoms with Crippen LogP contribution in [0.1, 0.15) is 36.8 Å². The van der Waals surface area contributed by atoms with E-state index in [0.717, 1.165) is 24.9 Å². The van der Waals surface area contributed by atoms with Crippen molar-refractivity contribution in [2.24, 2.45) is 0 Å². The number of nitrogens with two attached hydrogens (primary N) is 1. The van der Waals surface area contributed by atoms with Crippen LogP contribution in [-0.4, -0.2) is 23.6 Å². The highest BCUT2D eigenvalue weighted by atomic mass is 15.2. The molecule has 2 aliphatic rings. The van der Waals surface area contributed by atoms with Crippen LogP contribution in [-0.2, 0) is 13.0 Å². The SMILES string of the molecule is Nc1ncc2c3c(cccc13)N(C1CCC(NCc3ccccc3)CC1)CC2. The van der Waals surface area contributed by atoms with Crippen LogP contribution in [0.2, 0.25) is 0 Å². The third kappa shape index (κ3) is 3.22. The predicted molar refractivity (Wildman–Crippen MR) is 117 cm³/mol. The third-order valence-corrected chi connectivity index (χ3v) is 6.51. The van der Waals surface area contributed by atoms with Gasteiger partial charge in [-0.05, 0) is 49.3 Å². The Morgan fingerprint density at radius 1 is 1.00 bits per heavy atom. The largest absolute Gasteiger partial charge is 0.383 e. The molecule has 0 atom stereocenters. The van der Waals surface area contributed by atoms with Gasteiger partial charge in [0.05, 0.1) is 0 Å². The Morgan fingerprint density at radius 3 is 2.64 bits per heavy atom. The van der Waals surface area contributed by atoms with Crippen molar-refractivity contribution in [2.45, 2.75) is 50.7 Å². The van der Waals surface area contributed by atoms with Crippen molar-refractivity contribution < 1.29 is 0 Å². The van der Waals surface area contributed by atoms with Gasteiger partial charge in [0.15, 0.2) is 0 Å². The fraction of sp³-hybridized carbons (Fsp3) is 0.375. The van der Waals surface area contributed by atoms with E-state index in [2.05, 4.69) is 63.7 Å². The maximum absolute atomic E-state index is 6.16. The summed E-state index contributed by atoms with van der Waals surface area (Å²) in [4.78, 5) is 7.04. The lowest BCUT2D eigenvalue weighted by Gasteiger charge is -2.41. The number of nitrogens with one attached hydrogen (secondary N) is 1. The Kier molecular flexibility index (Phi) is 4.65. The first-order valence-corrected chi connectivity index (χ1v) is 10.5. The van der Waals surface area contributed by atoms with Crippen molar-refractivity contribution >= 4 is 22.3 Å². The first-order valence-electron chi connectivity index (χ1n) is 10.5. The summed E-state index contributed by atoms with van der Waals surface area (Å²) in [5.41, 5.74) is 10.2. The quantitative estimate of drug-likeness (QED) is 0.718. The van der Waals surface area contributed by atoms with Crippen molar-refractivity contribution in [1.29, 1.82) is 0 Å². The molecule has 0 radical (unpaired) electrons. The number of anilines is 2. The zero-order valence-electron chi connectivity index (χ0n) is 16.3. The molecule has 3 N–H and O–H groups in total. The molecule has 0 unspecified atom stereocenters. The number of rotatable bonds is 4. The summed E-state index contributed by atoms with van der Waals surface area (Å²) in [6, 6.07) is 18.5. The van der Waals surface area contributed by atoms with Gasteiger partial charge < -0.3 is 16.0 Å². The molecule has 2 heterocycles. The lowest BCUT2D eigenvalue weighted by Crippen LogP contribution is -2.44. The molecule has 1 fully saturated rings. The molecule has 0 saturated heterocycles. The molecule has 1 aliphatic carbocycles. The van der Waals surface area contributed by atoms with Gasteiger partial charge in [0, 0.05) is 47.8 Å². The number of pyridine rings is 1. The van der Waals surface area contributed by atoms with Crippen LogP contribution in [0.3, 0.4) is 0 Å². The van der Waals surface area contributed by atoms with E-state index in [0.29, 0.717) is 17.9 Å². The van der Waals surface area contributed by atoms with Crippen molar-refractivity contribution in [2.75, 3.05) is 17.2 Å². The first kappa shape index (κ1) is 17.5. The van der Waals surface area contributed by atoms with E-state index in [4.69, 9.17) is 5.73 Å². The second-order valence-corrected chi connectivity index (χ2v) is 8.18. The van der Waals surface area contributed by atoms with Gasteiger partial charge in [-0.2, -0.15) is 0 Å². The van der Waals surface area contributed by atoms with E-state index in [1.165, 1.54) is 47.9 Å². The molecule has 0 bridgehead atoms. The highest BCUT2D eigenvalue weighted by Crippen LogP contribution is 2.39. The van der Waals surface area contributed by atoms with Gasteiger partial charge in [-0.15, -0.1) is 0 Å². The highest BCUT2D eigenvalue weighted by Gasteiger charge is 2.29. The maximum Gasteiger partial charge on any atom is 0.131 e. The average Bonchev–Trinajstić information content (AvgIpc) is 2.76. The average molecular weight is 373 g/mol. The standard InChI is InChI=1S/C24H28N4/c25-24-21-7-4-8-22-23(21)18(16-27-24)13-14-28(22)20-11-9-19(10-12-20)26-15-17-5-2-1-3-6-17/h1-8,16,19-20,26H,9-15H2,(H2,25,27). The van der Waals surface area contributed by atoms with E-state index < -0.39 is 0 Å². The summed E-state index contributed by atoms with van der Waals surface area (Å²) >= 11 is 0. The van der Waals surface area contributed by atoms with Crippen LogP contribution in [0.4, 0.5) is 11.5 Å². The molecule has 2 aromatic carbocycles. The lowest BCUT2D eigenvalue weighted by molar-refractivity contribution is 0.330. The highest BCUT2D eigenvalue weighted by molar-refractivity contribution is 6.02. The van der Waals surface area contributed by atoms with Crippen LogP contribution >= 0.6 is 0 Å². The second kappa shape index (κ2) is 7.44. The summed E-state index contributed by atoms with van der Waals surface area (Å²) in [6.45, 7) is 2.06. The molecule has 4 nitrogen and oxygen atoms in total.